The lowest BCUT2D eigenvalue weighted by Crippen LogP contribution is -2.47. The molecular weight excluding hydrogens is 615 g/mol. The van der Waals surface area contributed by atoms with Crippen molar-refractivity contribution in [3.05, 3.63) is 98.8 Å². The van der Waals surface area contributed by atoms with E-state index < -0.39 is 41.0 Å². The van der Waals surface area contributed by atoms with Gasteiger partial charge in [0, 0.05) is 54.4 Å². The number of phenolic OH excluding ortho intramolecular Hbond substituents is 1. The summed E-state index contributed by atoms with van der Waals surface area (Å²) in [5, 5.41) is 10.8. The molecule has 2 saturated heterocycles. The summed E-state index contributed by atoms with van der Waals surface area (Å²) >= 11 is 3.21. The number of carbonyl (C=O) groups is 4. The number of nitrogens with zero attached hydrogens (tertiary/aromatic N) is 2. The second-order valence-corrected chi connectivity index (χ2v) is 13.0. The van der Waals surface area contributed by atoms with Gasteiger partial charge < -0.3 is 5.11 Å². The molecule has 2 aromatic carbocycles. The minimum absolute atomic E-state index is 0.121. The number of allylic oxidation sites excluding steroid dienone is 6. The first kappa shape index (κ1) is 28.1. The molecule has 220 valence electrons. The van der Waals surface area contributed by atoms with E-state index in [4.69, 9.17) is 0 Å². The number of rotatable bonds is 4. The van der Waals surface area contributed by atoms with E-state index in [1.807, 2.05) is 24.3 Å². The van der Waals surface area contributed by atoms with Gasteiger partial charge in [0.15, 0.2) is 23.1 Å². The normalized spacial score (nSPS) is 28.0. The molecule has 0 radical (unpaired) electrons. The molecule has 2 amide bonds. The van der Waals surface area contributed by atoms with Crippen LogP contribution in [0.5, 0.6) is 5.75 Å². The van der Waals surface area contributed by atoms with Gasteiger partial charge in [0.05, 0.1) is 16.3 Å². The van der Waals surface area contributed by atoms with Crippen LogP contribution in [-0.4, -0.2) is 57.4 Å². The number of phenols is 1. The number of piperidine rings is 1. The van der Waals surface area contributed by atoms with E-state index in [0.717, 1.165) is 25.7 Å². The number of halogens is 2. The van der Waals surface area contributed by atoms with E-state index in [1.54, 1.807) is 6.07 Å². The highest BCUT2D eigenvalue weighted by molar-refractivity contribution is 9.12. The average Bonchev–Trinajstić information content (AvgIpc) is 3.27. The third-order valence-corrected chi connectivity index (χ3v) is 10.5. The standard InChI is InChI=1S/C34H30BrFN2O5/c35-25-16-27(39)30-24(31(25)40)15-23-20(28(30)21-7-4-8-26(36)32(21)41)9-10-22-29(23)34(43)38(33(22)42)19-11-13-37(14-12-19)17-18-5-2-1-3-6-18/h1-9,16,19,22-23,28-29,41H,10-15,17H2. The third kappa shape index (κ3) is 4.55. The number of para-hydroxylation sites is 1. The summed E-state index contributed by atoms with van der Waals surface area (Å²) in [6.07, 6.45) is 4.91. The Bertz CT molecular complexity index is 1660. The molecule has 4 atom stereocenters. The van der Waals surface area contributed by atoms with Crippen molar-refractivity contribution in [1.82, 2.24) is 9.80 Å². The highest BCUT2D eigenvalue weighted by atomic mass is 79.9. The lowest BCUT2D eigenvalue weighted by atomic mass is 9.59. The number of amides is 2. The molecule has 2 aromatic rings. The van der Waals surface area contributed by atoms with E-state index in [9.17, 15) is 28.7 Å². The van der Waals surface area contributed by atoms with Gasteiger partial charge in [0.2, 0.25) is 11.8 Å². The molecule has 2 fully saturated rings. The Balaban J connectivity index is 1.19. The Kier molecular flexibility index (Phi) is 7.05. The van der Waals surface area contributed by atoms with E-state index in [0.29, 0.717) is 24.8 Å². The van der Waals surface area contributed by atoms with Crippen LogP contribution in [0.1, 0.15) is 42.7 Å². The van der Waals surface area contributed by atoms with Crippen LogP contribution < -0.4 is 0 Å². The molecule has 0 aromatic heterocycles. The lowest BCUT2D eigenvalue weighted by Gasteiger charge is -2.42. The second kappa shape index (κ2) is 10.8. The minimum atomic E-state index is -0.892. The number of hydrogen-bond acceptors (Lipinski definition) is 6. The topological polar surface area (TPSA) is 95.0 Å². The van der Waals surface area contributed by atoms with Crippen LogP contribution >= 0.6 is 15.9 Å². The predicted octanol–water partition coefficient (Wildman–Crippen LogP) is 4.96. The minimum Gasteiger partial charge on any atom is -0.505 e. The molecule has 4 unspecified atom stereocenters. The average molecular weight is 646 g/mol. The molecule has 9 heteroatoms. The summed E-state index contributed by atoms with van der Waals surface area (Å²) in [6, 6.07) is 14.1. The van der Waals surface area contributed by atoms with Crippen molar-refractivity contribution in [2.45, 2.75) is 44.2 Å². The quantitative estimate of drug-likeness (QED) is 0.287. The number of imide groups is 1. The predicted molar refractivity (Wildman–Crippen MR) is 159 cm³/mol. The van der Waals surface area contributed by atoms with Crippen molar-refractivity contribution in [3.63, 3.8) is 0 Å². The fraction of sp³-hybridized carbons (Fsp3) is 0.353. The van der Waals surface area contributed by atoms with Crippen LogP contribution in [-0.2, 0) is 25.7 Å². The number of Topliss-reactive ketones (excluding diaryl/α,β-unsaturated/α-hetero) is 1. The fourth-order valence-electron chi connectivity index (χ4n) is 7.89. The Morgan fingerprint density at radius 1 is 0.930 bits per heavy atom. The first-order valence-electron chi connectivity index (χ1n) is 14.7. The Labute approximate surface area is 256 Å². The van der Waals surface area contributed by atoms with Crippen LogP contribution in [0, 0.1) is 23.6 Å². The van der Waals surface area contributed by atoms with Gasteiger partial charge in [-0.3, -0.25) is 29.0 Å². The number of hydrogen-bond donors (Lipinski definition) is 1. The van der Waals surface area contributed by atoms with Crippen molar-refractivity contribution in [1.29, 1.82) is 0 Å². The van der Waals surface area contributed by atoms with Crippen LogP contribution in [0.25, 0.3) is 0 Å². The van der Waals surface area contributed by atoms with Crippen molar-refractivity contribution in [3.8, 4) is 5.75 Å². The van der Waals surface area contributed by atoms with Gasteiger partial charge in [-0.25, -0.2) is 4.39 Å². The molecule has 2 heterocycles. The third-order valence-electron chi connectivity index (χ3n) is 9.87. The van der Waals surface area contributed by atoms with Gasteiger partial charge >= 0.3 is 0 Å². The SMILES string of the molecule is O=C1C=C(Br)C(=O)C2=C1C(c1cccc(F)c1O)C1=CCC3C(=O)N(C4CCN(Cc5ccccc5)CC4)C(=O)C3C1C2. The van der Waals surface area contributed by atoms with E-state index in [2.05, 4.69) is 33.0 Å². The van der Waals surface area contributed by atoms with Gasteiger partial charge in [0.1, 0.15) is 0 Å². The molecule has 7 nitrogen and oxygen atoms in total. The smallest absolute Gasteiger partial charge is 0.233 e. The highest BCUT2D eigenvalue weighted by Crippen LogP contribution is 2.56. The largest absolute Gasteiger partial charge is 0.505 e. The van der Waals surface area contributed by atoms with Crippen molar-refractivity contribution in [2.24, 2.45) is 17.8 Å². The van der Waals surface area contributed by atoms with Gasteiger partial charge in [-0.2, -0.15) is 0 Å². The molecule has 43 heavy (non-hydrogen) atoms. The van der Waals surface area contributed by atoms with Gasteiger partial charge in [-0.1, -0.05) is 54.1 Å². The lowest BCUT2D eigenvalue weighted by molar-refractivity contribution is -0.144. The monoisotopic (exact) mass is 644 g/mol. The molecule has 1 N–H and O–H groups in total. The van der Waals surface area contributed by atoms with E-state index in [-0.39, 0.29) is 51.3 Å². The molecule has 2 aliphatic heterocycles. The fourth-order valence-corrected chi connectivity index (χ4v) is 8.34. The molecule has 0 bridgehead atoms. The Morgan fingerprint density at radius 3 is 2.42 bits per heavy atom. The Hall–Kier alpha value is -3.69. The van der Waals surface area contributed by atoms with Crippen molar-refractivity contribution >= 4 is 39.3 Å². The molecular formula is C34H30BrFN2O5. The Morgan fingerprint density at radius 2 is 1.67 bits per heavy atom. The van der Waals surface area contributed by atoms with Gasteiger partial charge in [-0.15, -0.1) is 0 Å². The number of carbonyl (C=O) groups excluding carboxylic acids is 4. The summed E-state index contributed by atoms with van der Waals surface area (Å²) in [5.74, 6) is -5.25. The highest BCUT2D eigenvalue weighted by Gasteiger charge is 2.57. The number of aromatic hydroxyl groups is 1. The van der Waals surface area contributed by atoms with Crippen LogP contribution in [0.4, 0.5) is 4.39 Å². The van der Waals surface area contributed by atoms with Crippen molar-refractivity contribution in [2.75, 3.05) is 13.1 Å². The van der Waals surface area contributed by atoms with Crippen LogP contribution in [0.3, 0.4) is 0 Å². The maximum Gasteiger partial charge on any atom is 0.233 e. The van der Waals surface area contributed by atoms with Crippen LogP contribution in [0.2, 0.25) is 0 Å². The van der Waals surface area contributed by atoms with E-state index >= 15 is 0 Å². The first-order chi connectivity index (χ1) is 20.7. The van der Waals surface area contributed by atoms with Crippen LogP contribution in [0.15, 0.2) is 81.9 Å². The number of ketones is 2. The van der Waals surface area contributed by atoms with Gasteiger partial charge in [0.25, 0.3) is 0 Å². The van der Waals surface area contributed by atoms with E-state index in [1.165, 1.54) is 22.6 Å². The van der Waals surface area contributed by atoms with Crippen molar-refractivity contribution < 1.29 is 28.7 Å². The summed E-state index contributed by atoms with van der Waals surface area (Å²) in [6.45, 7) is 2.36. The number of benzene rings is 2. The summed E-state index contributed by atoms with van der Waals surface area (Å²) in [5.41, 5.74) is 2.54. The zero-order valence-electron chi connectivity index (χ0n) is 23.3. The molecule has 5 aliphatic rings. The zero-order valence-corrected chi connectivity index (χ0v) is 24.9. The summed E-state index contributed by atoms with van der Waals surface area (Å²) in [4.78, 5) is 58.5. The first-order valence-corrected chi connectivity index (χ1v) is 15.5. The maximum absolute atomic E-state index is 14.6. The second-order valence-electron chi connectivity index (χ2n) is 12.1. The summed E-state index contributed by atoms with van der Waals surface area (Å²) < 4.78 is 14.7. The maximum atomic E-state index is 14.6. The molecule has 0 spiro atoms. The molecule has 0 saturated carbocycles. The summed E-state index contributed by atoms with van der Waals surface area (Å²) in [7, 11) is 0. The zero-order chi connectivity index (χ0) is 30.0. The molecule has 7 rings (SSSR count). The molecule has 3 aliphatic carbocycles. The number of likely N-dealkylation sites (tertiary alicyclic amines) is 2. The number of fused-ring (bicyclic) bond motifs is 3. The van der Waals surface area contributed by atoms with Gasteiger partial charge in [-0.05, 0) is 59.2 Å².